The highest BCUT2D eigenvalue weighted by molar-refractivity contribution is 5.83. The predicted molar refractivity (Wildman–Crippen MR) is 120 cm³/mol. The quantitative estimate of drug-likeness (QED) is 0.438. The number of ether oxygens (including phenoxy) is 1. The van der Waals surface area contributed by atoms with E-state index in [2.05, 4.69) is 5.32 Å². The number of rotatable bonds is 4. The Morgan fingerprint density at radius 2 is 1.85 bits per heavy atom. The van der Waals surface area contributed by atoms with Crippen LogP contribution in [-0.2, 0) is 10.9 Å². The second-order valence-corrected chi connectivity index (χ2v) is 9.24. The molecule has 1 aliphatic heterocycles. The van der Waals surface area contributed by atoms with Crippen LogP contribution in [0.3, 0.4) is 0 Å². The molecule has 2 aromatic carbocycles. The summed E-state index contributed by atoms with van der Waals surface area (Å²) in [6, 6.07) is 7.97. The van der Waals surface area contributed by atoms with Gasteiger partial charge in [-0.05, 0) is 57.2 Å². The van der Waals surface area contributed by atoms with E-state index in [-0.39, 0.29) is 41.5 Å². The van der Waals surface area contributed by atoms with Gasteiger partial charge in [0.2, 0.25) is 0 Å². The largest absolute Gasteiger partial charge is 0.444 e. The van der Waals surface area contributed by atoms with Crippen molar-refractivity contribution in [2.24, 2.45) is 5.92 Å². The Morgan fingerprint density at radius 3 is 2.48 bits per heavy atom. The highest BCUT2D eigenvalue weighted by atomic mass is 19.4. The minimum absolute atomic E-state index is 0.0248. The summed E-state index contributed by atoms with van der Waals surface area (Å²) in [4.78, 5) is 13.6. The average molecular weight is 468 g/mol. The molecule has 2 aromatic rings. The summed E-state index contributed by atoms with van der Waals surface area (Å²) in [6.07, 6.45) is -3.96. The minimum atomic E-state index is -4.75. The smallest absolute Gasteiger partial charge is 0.419 e. The molecule has 0 unspecified atom stereocenters. The molecule has 0 aromatic heterocycles. The van der Waals surface area contributed by atoms with Gasteiger partial charge in [0.25, 0.3) is 0 Å². The van der Waals surface area contributed by atoms with E-state index >= 15 is 0 Å². The van der Waals surface area contributed by atoms with E-state index < -0.39 is 29.3 Å². The Labute approximate surface area is 190 Å². The maximum absolute atomic E-state index is 14.4. The van der Waals surface area contributed by atoms with Crippen LogP contribution in [0.2, 0.25) is 0 Å². The maximum atomic E-state index is 14.4. The lowest BCUT2D eigenvalue weighted by Crippen LogP contribution is -2.43. The first-order chi connectivity index (χ1) is 15.4. The second-order valence-electron chi connectivity index (χ2n) is 9.24. The number of halogens is 4. The molecule has 3 rings (SSSR count). The molecule has 0 aliphatic carbocycles. The van der Waals surface area contributed by atoms with Gasteiger partial charge in [0, 0.05) is 25.2 Å². The topological polar surface area (TPSA) is 67.6 Å². The van der Waals surface area contributed by atoms with E-state index in [9.17, 15) is 22.4 Å². The summed E-state index contributed by atoms with van der Waals surface area (Å²) in [5, 5.41) is 2.69. The van der Waals surface area contributed by atoms with Crippen LogP contribution in [0.25, 0.3) is 11.1 Å². The van der Waals surface area contributed by atoms with Crippen LogP contribution in [0.15, 0.2) is 36.4 Å². The van der Waals surface area contributed by atoms with Gasteiger partial charge < -0.3 is 20.7 Å². The third-order valence-corrected chi connectivity index (χ3v) is 5.43. The Bertz CT molecular complexity index is 1000. The summed E-state index contributed by atoms with van der Waals surface area (Å²) < 4.78 is 62.5. The van der Waals surface area contributed by atoms with Gasteiger partial charge in [-0.1, -0.05) is 24.3 Å². The van der Waals surface area contributed by atoms with Gasteiger partial charge in [-0.25, -0.2) is 9.18 Å². The van der Waals surface area contributed by atoms with Crippen molar-refractivity contribution in [3.63, 3.8) is 0 Å². The Morgan fingerprint density at radius 1 is 1.15 bits per heavy atom. The summed E-state index contributed by atoms with van der Waals surface area (Å²) in [5.41, 5.74) is 3.89. The number of nitrogens with one attached hydrogen (secondary N) is 1. The summed E-state index contributed by atoms with van der Waals surface area (Å²) in [5.74, 6) is -0.833. The first-order valence-corrected chi connectivity index (χ1v) is 10.8. The SMILES string of the molecule is CC(C)(C)OC(=O)NC[C@@H]1CCCN(c2c(N)ccc(-c3ccccc3F)c2C(F)(F)F)C1. The predicted octanol–water partition coefficient (Wildman–Crippen LogP) is 5.83. The molecular formula is C24H29F4N3O2. The molecule has 5 nitrogen and oxygen atoms in total. The fraction of sp³-hybridized carbons (Fsp3) is 0.458. The highest BCUT2D eigenvalue weighted by Gasteiger charge is 2.40. The lowest BCUT2D eigenvalue weighted by Gasteiger charge is -2.37. The van der Waals surface area contributed by atoms with E-state index in [1.807, 2.05) is 0 Å². The number of piperidine rings is 1. The van der Waals surface area contributed by atoms with Gasteiger partial charge in [0.05, 0.1) is 16.9 Å². The molecule has 1 fully saturated rings. The monoisotopic (exact) mass is 467 g/mol. The molecule has 0 radical (unpaired) electrons. The number of carbonyl (C=O) groups is 1. The van der Waals surface area contributed by atoms with Gasteiger partial charge >= 0.3 is 12.3 Å². The van der Waals surface area contributed by atoms with Crippen molar-refractivity contribution in [2.75, 3.05) is 30.3 Å². The number of hydrogen-bond acceptors (Lipinski definition) is 4. The molecule has 0 spiro atoms. The molecule has 3 N–H and O–H groups in total. The first kappa shape index (κ1) is 24.7. The number of amides is 1. The summed E-state index contributed by atoms with van der Waals surface area (Å²) in [7, 11) is 0. The molecule has 9 heteroatoms. The third-order valence-electron chi connectivity index (χ3n) is 5.43. The molecule has 180 valence electrons. The minimum Gasteiger partial charge on any atom is -0.444 e. The zero-order chi connectivity index (χ0) is 24.4. The Kier molecular flexibility index (Phi) is 7.09. The van der Waals surface area contributed by atoms with Gasteiger partial charge in [0.1, 0.15) is 11.4 Å². The number of nitrogens with two attached hydrogens (primary N) is 1. The van der Waals surface area contributed by atoms with E-state index in [1.165, 1.54) is 30.3 Å². The van der Waals surface area contributed by atoms with E-state index in [0.717, 1.165) is 12.5 Å². The molecule has 33 heavy (non-hydrogen) atoms. The molecule has 1 amide bonds. The Balaban J connectivity index is 1.91. The lowest BCUT2D eigenvalue weighted by atomic mass is 9.92. The van der Waals surface area contributed by atoms with Crippen LogP contribution in [0.5, 0.6) is 0 Å². The normalized spacial score (nSPS) is 17.1. The lowest BCUT2D eigenvalue weighted by molar-refractivity contribution is -0.136. The van der Waals surface area contributed by atoms with Crippen molar-refractivity contribution in [1.29, 1.82) is 0 Å². The molecule has 0 saturated carbocycles. The molecular weight excluding hydrogens is 438 g/mol. The second kappa shape index (κ2) is 9.49. The highest BCUT2D eigenvalue weighted by Crippen LogP contribution is 2.47. The van der Waals surface area contributed by atoms with Crippen LogP contribution in [0.1, 0.15) is 39.2 Å². The zero-order valence-corrected chi connectivity index (χ0v) is 18.9. The van der Waals surface area contributed by atoms with Crippen molar-refractivity contribution >= 4 is 17.5 Å². The number of anilines is 2. The number of benzene rings is 2. The molecule has 1 saturated heterocycles. The summed E-state index contributed by atoms with van der Waals surface area (Å²) >= 11 is 0. The first-order valence-electron chi connectivity index (χ1n) is 10.8. The number of nitrogens with zero attached hydrogens (tertiary/aromatic N) is 1. The fourth-order valence-electron chi connectivity index (χ4n) is 4.12. The van der Waals surface area contributed by atoms with Crippen LogP contribution >= 0.6 is 0 Å². The third kappa shape index (κ3) is 6.09. The van der Waals surface area contributed by atoms with Gasteiger partial charge in [-0.2, -0.15) is 13.2 Å². The number of carbonyl (C=O) groups excluding carboxylic acids is 1. The molecule has 1 atom stereocenters. The molecule has 0 bridgehead atoms. The zero-order valence-electron chi connectivity index (χ0n) is 18.9. The molecule has 1 aliphatic rings. The standard InChI is InChI=1S/C24H29F4N3O2/c1-23(2,3)33-22(32)30-13-15-7-6-12-31(14-15)21-19(29)11-10-17(20(21)24(26,27)28)16-8-4-5-9-18(16)25/h4-5,8-11,15H,6-7,12-14,29H2,1-3H3,(H,30,32)/t15-/m0/s1. The summed E-state index contributed by atoms with van der Waals surface area (Å²) in [6.45, 7) is 6.15. The molecule has 1 heterocycles. The maximum Gasteiger partial charge on any atom is 0.419 e. The number of alkyl halides is 3. The van der Waals surface area contributed by atoms with Crippen molar-refractivity contribution in [3.05, 3.63) is 47.8 Å². The number of alkyl carbamates (subject to hydrolysis) is 1. The van der Waals surface area contributed by atoms with E-state index in [4.69, 9.17) is 10.5 Å². The van der Waals surface area contributed by atoms with Crippen molar-refractivity contribution in [1.82, 2.24) is 5.32 Å². The van der Waals surface area contributed by atoms with E-state index in [0.29, 0.717) is 13.0 Å². The van der Waals surface area contributed by atoms with Gasteiger partial charge in [-0.15, -0.1) is 0 Å². The fourth-order valence-corrected chi connectivity index (χ4v) is 4.12. The van der Waals surface area contributed by atoms with Crippen molar-refractivity contribution < 1.29 is 27.1 Å². The Hall–Kier alpha value is -2.97. The van der Waals surface area contributed by atoms with E-state index in [1.54, 1.807) is 25.7 Å². The van der Waals surface area contributed by atoms with Crippen LogP contribution in [-0.4, -0.2) is 31.3 Å². The number of hydrogen-bond donors (Lipinski definition) is 2. The van der Waals surface area contributed by atoms with Gasteiger partial charge in [0.15, 0.2) is 0 Å². The van der Waals surface area contributed by atoms with Gasteiger partial charge in [-0.3, -0.25) is 0 Å². The van der Waals surface area contributed by atoms with Crippen molar-refractivity contribution in [2.45, 2.75) is 45.4 Å². The van der Waals surface area contributed by atoms with Crippen molar-refractivity contribution in [3.8, 4) is 11.1 Å². The average Bonchev–Trinajstić information content (AvgIpc) is 2.71. The van der Waals surface area contributed by atoms with Crippen LogP contribution in [0.4, 0.5) is 33.7 Å². The van der Waals surface area contributed by atoms with Crippen LogP contribution in [0, 0.1) is 11.7 Å². The van der Waals surface area contributed by atoms with Crippen LogP contribution < -0.4 is 16.0 Å². The number of nitrogen functional groups attached to an aromatic ring is 1.